The number of benzene rings is 1. The molecule has 0 saturated heterocycles. The van der Waals surface area contributed by atoms with Crippen molar-refractivity contribution in [3.05, 3.63) is 40.8 Å². The Bertz CT molecular complexity index is 710. The Hall–Kier alpha value is -2.63. The van der Waals surface area contributed by atoms with Gasteiger partial charge in [-0.15, -0.1) is 0 Å². The molecule has 0 fully saturated rings. The van der Waals surface area contributed by atoms with Crippen molar-refractivity contribution in [1.82, 2.24) is 19.9 Å². The van der Waals surface area contributed by atoms with E-state index in [-0.39, 0.29) is 11.4 Å². The third kappa shape index (κ3) is 1.55. The van der Waals surface area contributed by atoms with E-state index in [1.165, 1.54) is 0 Å². The number of para-hydroxylation sites is 2. The van der Waals surface area contributed by atoms with Gasteiger partial charge in [0, 0.05) is 0 Å². The van der Waals surface area contributed by atoms with Crippen LogP contribution >= 0.6 is 0 Å². The lowest BCUT2D eigenvalue weighted by Gasteiger charge is -1.99. The lowest BCUT2D eigenvalue weighted by Crippen LogP contribution is -2.10. The zero-order valence-electron chi connectivity index (χ0n) is 8.77. The van der Waals surface area contributed by atoms with E-state index in [0.717, 1.165) is 17.2 Å². The summed E-state index contributed by atoms with van der Waals surface area (Å²) >= 11 is 0. The van der Waals surface area contributed by atoms with E-state index in [0.29, 0.717) is 11.5 Å². The molecule has 0 aliphatic heterocycles. The van der Waals surface area contributed by atoms with Gasteiger partial charge in [0.2, 0.25) is 0 Å². The Morgan fingerprint density at radius 1 is 1.18 bits per heavy atom. The summed E-state index contributed by atoms with van der Waals surface area (Å²) in [5.41, 5.74) is 7.50. The minimum Gasteiger partial charge on any atom is -0.382 e. The fourth-order valence-corrected chi connectivity index (χ4v) is 1.66. The third-order valence-electron chi connectivity index (χ3n) is 2.45. The summed E-state index contributed by atoms with van der Waals surface area (Å²) in [5.74, 6) is 0.748. The molecule has 2 heterocycles. The average molecular weight is 227 g/mol. The maximum Gasteiger partial charge on any atom is 0.267 e. The van der Waals surface area contributed by atoms with E-state index < -0.39 is 0 Å². The number of nitrogens with two attached hydrogens (primary N) is 1. The average Bonchev–Trinajstić information content (AvgIpc) is 2.75. The van der Waals surface area contributed by atoms with Crippen LogP contribution in [0, 0.1) is 0 Å². The highest BCUT2D eigenvalue weighted by atomic mass is 16.1. The van der Waals surface area contributed by atoms with E-state index in [1.54, 1.807) is 0 Å². The summed E-state index contributed by atoms with van der Waals surface area (Å²) in [5, 5.41) is 0. The summed E-state index contributed by atoms with van der Waals surface area (Å²) in [6, 6.07) is 7.57. The number of aromatic amines is 2. The largest absolute Gasteiger partial charge is 0.382 e. The van der Waals surface area contributed by atoms with Gasteiger partial charge in [0.05, 0.1) is 17.2 Å². The molecule has 4 N–H and O–H groups in total. The van der Waals surface area contributed by atoms with Crippen molar-refractivity contribution in [2.24, 2.45) is 0 Å². The van der Waals surface area contributed by atoms with Crippen molar-refractivity contribution in [3.63, 3.8) is 0 Å². The number of nitrogen functional groups attached to an aromatic ring is 1. The molecule has 6 heteroatoms. The van der Waals surface area contributed by atoms with Gasteiger partial charge in [-0.05, 0) is 12.1 Å². The standard InChI is InChI=1S/C11H9N5O/c12-10-9(16-8(17)5-13-10)11-14-6-3-1-2-4-7(6)15-11/h1-5H,(H2,12,13)(H,14,15)(H,16,17). The monoisotopic (exact) mass is 227 g/mol. The van der Waals surface area contributed by atoms with Crippen LogP contribution in [-0.4, -0.2) is 19.9 Å². The van der Waals surface area contributed by atoms with Gasteiger partial charge in [-0.2, -0.15) is 0 Å². The predicted octanol–water partition coefficient (Wildman–Crippen LogP) is 0.895. The summed E-state index contributed by atoms with van der Waals surface area (Å²) in [6.45, 7) is 0. The highest BCUT2D eigenvalue weighted by Crippen LogP contribution is 2.20. The minimum absolute atomic E-state index is 0.239. The van der Waals surface area contributed by atoms with Gasteiger partial charge in [0.15, 0.2) is 11.6 Å². The molecule has 0 amide bonds. The second-order valence-corrected chi connectivity index (χ2v) is 3.61. The summed E-state index contributed by atoms with van der Waals surface area (Å²) in [7, 11) is 0. The molecule has 84 valence electrons. The van der Waals surface area contributed by atoms with Crippen LogP contribution in [0.5, 0.6) is 0 Å². The van der Waals surface area contributed by atoms with Crippen molar-refractivity contribution < 1.29 is 0 Å². The number of hydrogen-bond donors (Lipinski definition) is 3. The Kier molecular flexibility index (Phi) is 1.94. The molecule has 17 heavy (non-hydrogen) atoms. The van der Waals surface area contributed by atoms with E-state index in [1.807, 2.05) is 24.3 Å². The number of anilines is 1. The summed E-state index contributed by atoms with van der Waals surface area (Å²) < 4.78 is 0. The van der Waals surface area contributed by atoms with Gasteiger partial charge in [-0.3, -0.25) is 4.79 Å². The van der Waals surface area contributed by atoms with E-state index in [2.05, 4.69) is 19.9 Å². The van der Waals surface area contributed by atoms with Crippen LogP contribution in [0.2, 0.25) is 0 Å². The number of imidazole rings is 1. The molecule has 0 spiro atoms. The zero-order valence-corrected chi connectivity index (χ0v) is 8.77. The van der Waals surface area contributed by atoms with Gasteiger partial charge in [-0.1, -0.05) is 12.1 Å². The first-order valence-electron chi connectivity index (χ1n) is 5.04. The van der Waals surface area contributed by atoms with Crippen molar-refractivity contribution in [1.29, 1.82) is 0 Å². The zero-order chi connectivity index (χ0) is 11.8. The molecule has 0 atom stereocenters. The smallest absolute Gasteiger partial charge is 0.267 e. The summed E-state index contributed by atoms with van der Waals surface area (Å²) in [6.07, 6.45) is 1.14. The number of fused-ring (bicyclic) bond motifs is 1. The molecule has 3 rings (SSSR count). The molecule has 0 saturated carbocycles. The fraction of sp³-hybridized carbons (Fsp3) is 0. The quantitative estimate of drug-likeness (QED) is 0.574. The molecule has 0 radical (unpaired) electrons. The maximum atomic E-state index is 11.2. The highest BCUT2D eigenvalue weighted by Gasteiger charge is 2.09. The Morgan fingerprint density at radius 3 is 2.82 bits per heavy atom. The summed E-state index contributed by atoms with van der Waals surface area (Å²) in [4.78, 5) is 25.0. The van der Waals surface area contributed by atoms with Crippen molar-refractivity contribution in [2.45, 2.75) is 0 Å². The van der Waals surface area contributed by atoms with Crippen LogP contribution in [0.25, 0.3) is 22.6 Å². The molecule has 2 aromatic heterocycles. The molecule has 0 aliphatic rings. The number of rotatable bonds is 1. The molecular weight excluding hydrogens is 218 g/mol. The predicted molar refractivity (Wildman–Crippen MR) is 64.4 cm³/mol. The molecule has 0 aliphatic carbocycles. The second kappa shape index (κ2) is 3.44. The van der Waals surface area contributed by atoms with Gasteiger partial charge in [0.25, 0.3) is 5.56 Å². The third-order valence-corrected chi connectivity index (χ3v) is 2.45. The Morgan fingerprint density at radius 2 is 2.00 bits per heavy atom. The van der Waals surface area contributed by atoms with Crippen LogP contribution in [0.1, 0.15) is 0 Å². The van der Waals surface area contributed by atoms with Gasteiger partial charge in [-0.25, -0.2) is 9.97 Å². The van der Waals surface area contributed by atoms with E-state index in [9.17, 15) is 4.79 Å². The molecule has 3 aromatic rings. The minimum atomic E-state index is -0.311. The fourth-order valence-electron chi connectivity index (χ4n) is 1.66. The van der Waals surface area contributed by atoms with Crippen molar-refractivity contribution >= 4 is 16.9 Å². The van der Waals surface area contributed by atoms with E-state index >= 15 is 0 Å². The second-order valence-electron chi connectivity index (χ2n) is 3.61. The number of hydrogen-bond acceptors (Lipinski definition) is 4. The van der Waals surface area contributed by atoms with Crippen molar-refractivity contribution in [2.75, 3.05) is 5.73 Å². The van der Waals surface area contributed by atoms with Gasteiger partial charge >= 0.3 is 0 Å². The maximum absolute atomic E-state index is 11.2. The molecule has 1 aromatic carbocycles. The van der Waals surface area contributed by atoms with Gasteiger partial charge < -0.3 is 15.7 Å². The van der Waals surface area contributed by atoms with Crippen LogP contribution < -0.4 is 11.3 Å². The Balaban J connectivity index is 2.27. The van der Waals surface area contributed by atoms with Crippen LogP contribution in [0.4, 0.5) is 5.82 Å². The van der Waals surface area contributed by atoms with Crippen molar-refractivity contribution in [3.8, 4) is 11.5 Å². The first kappa shape index (κ1) is 9.59. The SMILES string of the molecule is Nc1ncc(=O)[nH]c1-c1nc2ccccc2[nH]1. The van der Waals surface area contributed by atoms with E-state index in [4.69, 9.17) is 5.73 Å². The lowest BCUT2D eigenvalue weighted by molar-refractivity contribution is 1.13. The number of aromatic nitrogens is 4. The molecule has 0 unspecified atom stereocenters. The molecule has 6 nitrogen and oxygen atoms in total. The normalized spacial score (nSPS) is 10.8. The number of nitrogens with one attached hydrogen (secondary N) is 2. The first-order chi connectivity index (χ1) is 8.24. The molecule has 0 bridgehead atoms. The van der Waals surface area contributed by atoms with Gasteiger partial charge in [0.1, 0.15) is 5.69 Å². The van der Waals surface area contributed by atoms with Crippen LogP contribution in [-0.2, 0) is 0 Å². The molecular formula is C11H9N5O. The first-order valence-corrected chi connectivity index (χ1v) is 5.04. The van der Waals surface area contributed by atoms with Crippen LogP contribution in [0.3, 0.4) is 0 Å². The Labute approximate surface area is 95.5 Å². The highest BCUT2D eigenvalue weighted by molar-refractivity contribution is 5.80. The van der Waals surface area contributed by atoms with Crippen LogP contribution in [0.15, 0.2) is 35.3 Å². The lowest BCUT2D eigenvalue weighted by atomic mass is 10.3. The number of nitrogens with zero attached hydrogens (tertiary/aromatic N) is 2. The topological polar surface area (TPSA) is 100 Å². The number of H-pyrrole nitrogens is 2.